The number of nitrogens with zero attached hydrogens (tertiary/aromatic N) is 1. The van der Waals surface area contributed by atoms with E-state index in [9.17, 15) is 4.39 Å². The van der Waals surface area contributed by atoms with Gasteiger partial charge in [-0.05, 0) is 13.0 Å². The summed E-state index contributed by atoms with van der Waals surface area (Å²) in [6.45, 7) is 2.37. The highest BCUT2D eigenvalue weighted by atomic mass is 19.1. The molecule has 0 radical (unpaired) electrons. The fraction of sp³-hybridized carbons (Fsp3) is 0.364. The lowest BCUT2D eigenvalue weighted by molar-refractivity contribution is 0.534. The van der Waals surface area contributed by atoms with Crippen molar-refractivity contribution in [2.45, 2.75) is 25.9 Å². The summed E-state index contributed by atoms with van der Waals surface area (Å²) >= 11 is 0. The molecule has 0 heterocycles. The van der Waals surface area contributed by atoms with Crippen LogP contribution >= 0.6 is 0 Å². The Morgan fingerprint density at radius 2 is 2.21 bits per heavy atom. The van der Waals surface area contributed by atoms with Crippen LogP contribution in [0.15, 0.2) is 24.3 Å². The molecule has 0 saturated heterocycles. The lowest BCUT2D eigenvalue weighted by Crippen LogP contribution is -2.25. The van der Waals surface area contributed by atoms with Crippen LogP contribution in [0.2, 0.25) is 0 Å². The fourth-order valence-corrected chi connectivity index (χ4v) is 1.14. The number of nitriles is 1. The third-order valence-electron chi connectivity index (χ3n) is 2.00. The molecular weight excluding hydrogens is 179 g/mol. The third-order valence-corrected chi connectivity index (χ3v) is 2.00. The molecule has 1 N–H and O–H groups in total. The summed E-state index contributed by atoms with van der Waals surface area (Å²) in [5.74, 6) is -0.204. The Labute approximate surface area is 83.4 Å². The summed E-state index contributed by atoms with van der Waals surface area (Å²) < 4.78 is 13.1. The molecule has 0 aliphatic rings. The molecule has 0 amide bonds. The predicted octanol–water partition coefficient (Wildman–Crippen LogP) is 2.22. The van der Waals surface area contributed by atoms with Crippen LogP contribution in [0.4, 0.5) is 4.39 Å². The zero-order chi connectivity index (χ0) is 10.4. The van der Waals surface area contributed by atoms with E-state index in [1.165, 1.54) is 6.07 Å². The number of benzene rings is 1. The van der Waals surface area contributed by atoms with Crippen molar-refractivity contribution in [1.82, 2.24) is 5.32 Å². The largest absolute Gasteiger partial charge is 0.309 e. The first-order valence-corrected chi connectivity index (χ1v) is 4.57. The molecule has 2 nitrogen and oxygen atoms in total. The van der Waals surface area contributed by atoms with Gasteiger partial charge in [-0.3, -0.25) is 0 Å². The second-order valence-corrected chi connectivity index (χ2v) is 3.24. The average Bonchev–Trinajstić information content (AvgIpc) is 2.17. The number of hydrogen-bond donors (Lipinski definition) is 1. The predicted molar refractivity (Wildman–Crippen MR) is 52.9 cm³/mol. The Hall–Kier alpha value is -1.40. The third kappa shape index (κ3) is 3.15. The number of hydrogen-bond acceptors (Lipinski definition) is 2. The minimum Gasteiger partial charge on any atom is -0.309 e. The average molecular weight is 192 g/mol. The lowest BCUT2D eigenvalue weighted by Gasteiger charge is -2.10. The van der Waals surface area contributed by atoms with Gasteiger partial charge < -0.3 is 5.32 Å². The van der Waals surface area contributed by atoms with Gasteiger partial charge in [0.05, 0.1) is 12.5 Å². The van der Waals surface area contributed by atoms with Crippen molar-refractivity contribution in [2.75, 3.05) is 0 Å². The van der Waals surface area contributed by atoms with Crippen molar-refractivity contribution >= 4 is 0 Å². The molecule has 1 atom stereocenters. The molecular formula is C11H13FN2. The second-order valence-electron chi connectivity index (χ2n) is 3.24. The standard InChI is InChI=1S/C11H13FN2/c1-9(6-7-13)14-8-10-4-2-3-5-11(10)12/h2-5,9,14H,6,8H2,1H3. The smallest absolute Gasteiger partial charge is 0.127 e. The number of rotatable bonds is 4. The maximum atomic E-state index is 13.1. The van der Waals surface area contributed by atoms with Crippen LogP contribution in [0.1, 0.15) is 18.9 Å². The van der Waals surface area contributed by atoms with Crippen molar-refractivity contribution < 1.29 is 4.39 Å². The highest BCUT2D eigenvalue weighted by molar-refractivity contribution is 5.16. The van der Waals surface area contributed by atoms with E-state index in [0.29, 0.717) is 18.5 Å². The van der Waals surface area contributed by atoms with Gasteiger partial charge in [-0.1, -0.05) is 18.2 Å². The van der Waals surface area contributed by atoms with E-state index < -0.39 is 0 Å². The highest BCUT2D eigenvalue weighted by Crippen LogP contribution is 2.06. The molecule has 1 unspecified atom stereocenters. The van der Waals surface area contributed by atoms with Crippen LogP contribution in [0, 0.1) is 17.1 Å². The molecule has 3 heteroatoms. The Morgan fingerprint density at radius 3 is 2.86 bits per heavy atom. The Kier molecular flexibility index (Phi) is 4.09. The maximum Gasteiger partial charge on any atom is 0.127 e. The van der Waals surface area contributed by atoms with Crippen molar-refractivity contribution in [3.8, 4) is 6.07 Å². The van der Waals surface area contributed by atoms with E-state index >= 15 is 0 Å². The van der Waals surface area contributed by atoms with Gasteiger partial charge in [0, 0.05) is 18.2 Å². The van der Waals surface area contributed by atoms with E-state index in [0.717, 1.165) is 0 Å². The van der Waals surface area contributed by atoms with Crippen LogP contribution in [-0.4, -0.2) is 6.04 Å². The first kappa shape index (κ1) is 10.7. The SMILES string of the molecule is CC(CC#N)NCc1ccccc1F. The van der Waals surface area contributed by atoms with Gasteiger partial charge in [0.25, 0.3) is 0 Å². The van der Waals surface area contributed by atoms with Crippen molar-refractivity contribution in [3.05, 3.63) is 35.6 Å². The van der Waals surface area contributed by atoms with Crippen LogP contribution in [0.25, 0.3) is 0 Å². The topological polar surface area (TPSA) is 35.8 Å². The summed E-state index contributed by atoms with van der Waals surface area (Å²) in [7, 11) is 0. The zero-order valence-electron chi connectivity index (χ0n) is 8.13. The van der Waals surface area contributed by atoms with E-state index in [1.54, 1.807) is 18.2 Å². The van der Waals surface area contributed by atoms with Gasteiger partial charge >= 0.3 is 0 Å². The summed E-state index contributed by atoms with van der Waals surface area (Å²) in [5.41, 5.74) is 0.636. The molecule has 0 saturated carbocycles. The molecule has 14 heavy (non-hydrogen) atoms. The number of halogens is 1. The van der Waals surface area contributed by atoms with Crippen molar-refractivity contribution in [3.63, 3.8) is 0 Å². The molecule has 74 valence electrons. The number of nitrogens with one attached hydrogen (secondary N) is 1. The molecule has 0 spiro atoms. The lowest BCUT2D eigenvalue weighted by atomic mass is 10.2. The van der Waals surface area contributed by atoms with Gasteiger partial charge in [-0.25, -0.2) is 4.39 Å². The normalized spacial score (nSPS) is 12.1. The summed E-state index contributed by atoms with van der Waals surface area (Å²) in [5, 5.41) is 11.5. The van der Waals surface area contributed by atoms with Gasteiger partial charge in [-0.15, -0.1) is 0 Å². The molecule has 0 fully saturated rings. The van der Waals surface area contributed by atoms with E-state index in [2.05, 4.69) is 11.4 Å². The van der Waals surface area contributed by atoms with Crippen LogP contribution in [-0.2, 0) is 6.54 Å². The van der Waals surface area contributed by atoms with Gasteiger partial charge in [0.2, 0.25) is 0 Å². The van der Waals surface area contributed by atoms with Crippen molar-refractivity contribution in [2.24, 2.45) is 0 Å². The minimum atomic E-state index is -0.204. The van der Waals surface area contributed by atoms with Crippen LogP contribution in [0.5, 0.6) is 0 Å². The summed E-state index contributed by atoms with van der Waals surface area (Å²) in [6.07, 6.45) is 0.439. The summed E-state index contributed by atoms with van der Waals surface area (Å²) in [4.78, 5) is 0. The molecule has 1 aromatic rings. The highest BCUT2D eigenvalue weighted by Gasteiger charge is 2.03. The molecule has 0 aliphatic heterocycles. The monoisotopic (exact) mass is 192 g/mol. The van der Waals surface area contributed by atoms with Crippen molar-refractivity contribution in [1.29, 1.82) is 5.26 Å². The molecule has 0 aliphatic carbocycles. The quantitative estimate of drug-likeness (QED) is 0.794. The summed E-state index contributed by atoms with van der Waals surface area (Å²) in [6, 6.07) is 8.80. The van der Waals surface area contributed by atoms with E-state index in [1.807, 2.05) is 6.92 Å². The minimum absolute atomic E-state index is 0.0969. The molecule has 0 bridgehead atoms. The van der Waals surface area contributed by atoms with Crippen LogP contribution < -0.4 is 5.32 Å². The first-order valence-electron chi connectivity index (χ1n) is 4.57. The first-order chi connectivity index (χ1) is 6.74. The van der Waals surface area contributed by atoms with Gasteiger partial charge in [0.15, 0.2) is 0 Å². The molecule has 0 aromatic heterocycles. The fourth-order valence-electron chi connectivity index (χ4n) is 1.14. The van der Waals surface area contributed by atoms with Gasteiger partial charge in [-0.2, -0.15) is 5.26 Å². The zero-order valence-corrected chi connectivity index (χ0v) is 8.13. The Morgan fingerprint density at radius 1 is 1.50 bits per heavy atom. The molecule has 1 rings (SSSR count). The van der Waals surface area contributed by atoms with Crippen LogP contribution in [0.3, 0.4) is 0 Å². The maximum absolute atomic E-state index is 13.1. The van der Waals surface area contributed by atoms with E-state index in [4.69, 9.17) is 5.26 Å². The molecule has 1 aromatic carbocycles. The second kappa shape index (κ2) is 5.36. The Balaban J connectivity index is 2.46. The van der Waals surface area contributed by atoms with E-state index in [-0.39, 0.29) is 11.9 Å². The van der Waals surface area contributed by atoms with Gasteiger partial charge in [0.1, 0.15) is 5.82 Å². The Bertz CT molecular complexity index is 330.